The van der Waals surface area contributed by atoms with E-state index in [1.165, 1.54) is 0 Å². The molecule has 0 aromatic carbocycles. The fraction of sp³-hybridized carbons (Fsp3) is 0.400. The predicted molar refractivity (Wildman–Crippen MR) is 58.4 cm³/mol. The Kier molecular flexibility index (Phi) is 2.82. The summed E-state index contributed by atoms with van der Waals surface area (Å²) in [4.78, 5) is 17.4. The number of Topliss-reactive ketones (excluding diaryl/α,β-unsaturated/α-hetero) is 1. The number of piperidine rings is 1. The number of halogens is 1. The number of carbonyl (C=O) groups excluding carboxylic acids is 1. The molecule has 4 heteroatoms. The van der Waals surface area contributed by atoms with Crippen LogP contribution in [0, 0.1) is 0 Å². The monoisotopic (exact) mass is 254 g/mol. The topological polar surface area (TPSA) is 33.2 Å². The molecule has 1 aliphatic heterocycles. The van der Waals surface area contributed by atoms with Crippen molar-refractivity contribution in [3.63, 3.8) is 0 Å². The molecule has 3 nitrogen and oxygen atoms in total. The highest BCUT2D eigenvalue weighted by Crippen LogP contribution is 2.18. The van der Waals surface area contributed by atoms with Gasteiger partial charge in [-0.05, 0) is 28.1 Å². The smallest absolute Gasteiger partial charge is 0.136 e. The Morgan fingerprint density at radius 3 is 2.57 bits per heavy atom. The van der Waals surface area contributed by atoms with Crippen molar-refractivity contribution in [1.29, 1.82) is 0 Å². The van der Waals surface area contributed by atoms with Crippen molar-refractivity contribution in [3.05, 3.63) is 22.9 Å². The van der Waals surface area contributed by atoms with Gasteiger partial charge in [-0.3, -0.25) is 4.79 Å². The van der Waals surface area contributed by atoms with Crippen LogP contribution in [0.5, 0.6) is 0 Å². The molecule has 0 saturated carbocycles. The Morgan fingerprint density at radius 2 is 2.00 bits per heavy atom. The van der Waals surface area contributed by atoms with Crippen LogP contribution in [0.15, 0.2) is 22.9 Å². The van der Waals surface area contributed by atoms with Crippen LogP contribution in [0.4, 0.5) is 5.69 Å². The van der Waals surface area contributed by atoms with Gasteiger partial charge in [-0.15, -0.1) is 0 Å². The molecule has 0 unspecified atom stereocenters. The number of rotatable bonds is 1. The Balaban J connectivity index is 2.08. The van der Waals surface area contributed by atoms with E-state index in [9.17, 15) is 4.79 Å². The molecule has 0 N–H and O–H groups in total. The van der Waals surface area contributed by atoms with Gasteiger partial charge in [0.15, 0.2) is 0 Å². The number of carbonyl (C=O) groups is 1. The molecule has 1 aromatic heterocycles. The van der Waals surface area contributed by atoms with Gasteiger partial charge in [-0.25, -0.2) is 4.98 Å². The molecule has 1 fully saturated rings. The summed E-state index contributed by atoms with van der Waals surface area (Å²) >= 11 is 3.30. The lowest BCUT2D eigenvalue weighted by atomic mass is 10.1. The highest BCUT2D eigenvalue weighted by molar-refractivity contribution is 9.10. The van der Waals surface area contributed by atoms with E-state index >= 15 is 0 Å². The van der Waals surface area contributed by atoms with E-state index in [0.717, 1.165) is 23.4 Å². The number of anilines is 1. The van der Waals surface area contributed by atoms with Gasteiger partial charge in [0.05, 0.1) is 11.9 Å². The van der Waals surface area contributed by atoms with Crippen LogP contribution in [0.3, 0.4) is 0 Å². The van der Waals surface area contributed by atoms with Crippen LogP contribution in [0.2, 0.25) is 0 Å². The van der Waals surface area contributed by atoms with Gasteiger partial charge < -0.3 is 4.90 Å². The third-order valence-electron chi connectivity index (χ3n) is 2.40. The molecule has 1 aromatic rings. The summed E-state index contributed by atoms with van der Waals surface area (Å²) in [6.07, 6.45) is 3.16. The van der Waals surface area contributed by atoms with Crippen LogP contribution in [0.1, 0.15) is 12.8 Å². The van der Waals surface area contributed by atoms with Gasteiger partial charge in [-0.2, -0.15) is 0 Å². The molecule has 0 bridgehead atoms. The van der Waals surface area contributed by atoms with Crippen molar-refractivity contribution in [2.75, 3.05) is 18.0 Å². The van der Waals surface area contributed by atoms with Crippen molar-refractivity contribution in [1.82, 2.24) is 4.98 Å². The lowest BCUT2D eigenvalue weighted by molar-refractivity contribution is -0.119. The largest absolute Gasteiger partial charge is 0.369 e. The first-order chi connectivity index (χ1) is 6.75. The molecule has 0 aliphatic carbocycles. The quantitative estimate of drug-likeness (QED) is 0.720. The Bertz CT molecular complexity index is 326. The maximum absolute atomic E-state index is 11.0. The van der Waals surface area contributed by atoms with E-state index in [0.29, 0.717) is 18.6 Å². The van der Waals surface area contributed by atoms with Crippen LogP contribution in [0.25, 0.3) is 0 Å². The van der Waals surface area contributed by atoms with Gasteiger partial charge in [0, 0.05) is 25.9 Å². The first-order valence-electron chi connectivity index (χ1n) is 4.64. The SMILES string of the molecule is O=C1CCN(c2ccc(Br)nc2)CC1. The highest BCUT2D eigenvalue weighted by Gasteiger charge is 2.16. The maximum Gasteiger partial charge on any atom is 0.136 e. The zero-order valence-corrected chi connectivity index (χ0v) is 9.33. The summed E-state index contributed by atoms with van der Waals surface area (Å²) in [5, 5.41) is 0. The maximum atomic E-state index is 11.0. The van der Waals surface area contributed by atoms with Gasteiger partial charge in [-0.1, -0.05) is 0 Å². The Morgan fingerprint density at radius 1 is 1.29 bits per heavy atom. The molecular weight excluding hydrogens is 244 g/mol. The summed E-state index contributed by atoms with van der Waals surface area (Å²) in [5.74, 6) is 0.367. The van der Waals surface area contributed by atoms with Crippen LogP contribution >= 0.6 is 15.9 Å². The molecule has 0 radical (unpaired) electrons. The molecular formula is C10H11BrN2O. The summed E-state index contributed by atoms with van der Waals surface area (Å²) in [6.45, 7) is 1.64. The first kappa shape index (κ1) is 9.65. The van der Waals surface area contributed by atoms with E-state index in [-0.39, 0.29) is 0 Å². The number of ketones is 1. The number of aromatic nitrogens is 1. The van der Waals surface area contributed by atoms with Crippen LogP contribution < -0.4 is 4.90 Å². The van der Waals surface area contributed by atoms with Gasteiger partial charge in [0.2, 0.25) is 0 Å². The summed E-state index contributed by atoms with van der Waals surface area (Å²) in [6, 6.07) is 3.94. The summed E-state index contributed by atoms with van der Waals surface area (Å²) in [5.41, 5.74) is 1.10. The molecule has 74 valence electrons. The zero-order chi connectivity index (χ0) is 9.97. The van der Waals surface area contributed by atoms with Crippen molar-refractivity contribution in [3.8, 4) is 0 Å². The van der Waals surface area contributed by atoms with Gasteiger partial charge in [0.25, 0.3) is 0 Å². The Hall–Kier alpha value is -0.900. The lowest BCUT2D eigenvalue weighted by Gasteiger charge is -2.27. The molecule has 14 heavy (non-hydrogen) atoms. The fourth-order valence-electron chi connectivity index (χ4n) is 1.57. The van der Waals surface area contributed by atoms with E-state index in [2.05, 4.69) is 25.8 Å². The van der Waals surface area contributed by atoms with Gasteiger partial charge in [0.1, 0.15) is 10.4 Å². The minimum absolute atomic E-state index is 0.367. The second kappa shape index (κ2) is 4.09. The molecule has 1 aliphatic rings. The average molecular weight is 255 g/mol. The number of hydrogen-bond donors (Lipinski definition) is 0. The van der Waals surface area contributed by atoms with E-state index in [1.54, 1.807) is 0 Å². The number of nitrogens with zero attached hydrogens (tertiary/aromatic N) is 2. The second-order valence-corrected chi connectivity index (χ2v) is 4.18. The Labute approximate surface area is 91.3 Å². The van der Waals surface area contributed by atoms with E-state index in [4.69, 9.17) is 0 Å². The molecule has 2 heterocycles. The predicted octanol–water partition coefficient (Wildman–Crippen LogP) is 2.01. The highest BCUT2D eigenvalue weighted by atomic mass is 79.9. The van der Waals surface area contributed by atoms with Crippen molar-refractivity contribution in [2.24, 2.45) is 0 Å². The third-order valence-corrected chi connectivity index (χ3v) is 2.87. The van der Waals surface area contributed by atoms with Crippen molar-refractivity contribution < 1.29 is 4.79 Å². The van der Waals surface area contributed by atoms with Crippen molar-refractivity contribution in [2.45, 2.75) is 12.8 Å². The fourth-order valence-corrected chi connectivity index (χ4v) is 1.80. The summed E-state index contributed by atoms with van der Waals surface area (Å²) in [7, 11) is 0. The summed E-state index contributed by atoms with van der Waals surface area (Å²) < 4.78 is 0.842. The average Bonchev–Trinajstić information content (AvgIpc) is 2.21. The zero-order valence-electron chi connectivity index (χ0n) is 7.74. The number of hydrogen-bond acceptors (Lipinski definition) is 3. The molecule has 2 rings (SSSR count). The minimum Gasteiger partial charge on any atom is -0.369 e. The molecule has 0 spiro atoms. The van der Waals surface area contributed by atoms with E-state index in [1.807, 2.05) is 18.3 Å². The third kappa shape index (κ3) is 2.12. The standard InChI is InChI=1S/C10H11BrN2O/c11-10-2-1-8(7-12-10)13-5-3-9(14)4-6-13/h1-2,7H,3-6H2. The number of pyridine rings is 1. The molecule has 1 saturated heterocycles. The van der Waals surface area contributed by atoms with E-state index < -0.39 is 0 Å². The lowest BCUT2D eigenvalue weighted by Crippen LogP contribution is -2.33. The molecule has 0 atom stereocenters. The second-order valence-electron chi connectivity index (χ2n) is 3.36. The molecule has 0 amide bonds. The normalized spacial score (nSPS) is 17.2. The van der Waals surface area contributed by atoms with Gasteiger partial charge >= 0.3 is 0 Å². The minimum atomic E-state index is 0.367. The van der Waals surface area contributed by atoms with Crippen LogP contribution in [-0.2, 0) is 4.79 Å². The van der Waals surface area contributed by atoms with Crippen molar-refractivity contribution >= 4 is 27.4 Å². The van der Waals surface area contributed by atoms with Crippen LogP contribution in [-0.4, -0.2) is 23.9 Å². The first-order valence-corrected chi connectivity index (χ1v) is 5.43.